The summed E-state index contributed by atoms with van der Waals surface area (Å²) < 4.78 is 1.32. The van der Waals surface area contributed by atoms with E-state index in [2.05, 4.69) is 53.4 Å². The first kappa shape index (κ1) is 12.8. The zero-order chi connectivity index (χ0) is 10.9. The lowest BCUT2D eigenvalue weighted by Crippen LogP contribution is -1.86. The first-order valence-electron chi connectivity index (χ1n) is 5.68. The third kappa shape index (κ3) is 5.98. The van der Waals surface area contributed by atoms with E-state index in [9.17, 15) is 0 Å². The van der Waals surface area contributed by atoms with Crippen molar-refractivity contribution in [3.05, 3.63) is 46.1 Å². The normalized spacial score (nSPS) is 10.2. The van der Waals surface area contributed by atoms with Crippen molar-refractivity contribution in [3.63, 3.8) is 0 Å². The highest BCUT2D eigenvalue weighted by molar-refractivity contribution is 14.1. The summed E-state index contributed by atoms with van der Waals surface area (Å²) in [6.07, 6.45) is 9.72. The summed E-state index contributed by atoms with van der Waals surface area (Å²) >= 11 is 2.35. The van der Waals surface area contributed by atoms with Gasteiger partial charge in [0.25, 0.3) is 0 Å². The molecule has 0 fully saturated rings. The highest BCUT2D eigenvalue weighted by atomic mass is 127. The van der Waals surface area contributed by atoms with Gasteiger partial charge < -0.3 is 0 Å². The topological polar surface area (TPSA) is 0 Å². The molecule has 0 aliphatic rings. The molecule has 0 radical (unpaired) electrons. The number of hydrogen-bond donors (Lipinski definition) is 0. The Balaban J connectivity index is 2.09. The van der Waals surface area contributed by atoms with Crippen LogP contribution in [0.3, 0.4) is 0 Å². The molecule has 0 bridgehead atoms. The van der Waals surface area contributed by atoms with Crippen LogP contribution in [0.5, 0.6) is 0 Å². The second-order valence-corrected chi connectivity index (χ2v) is 5.11. The lowest BCUT2D eigenvalue weighted by Gasteiger charge is -2.01. The maximum absolute atomic E-state index is 3.73. The Morgan fingerprint density at radius 2 is 1.67 bits per heavy atom. The van der Waals surface area contributed by atoms with Gasteiger partial charge in [-0.25, -0.2) is 0 Å². The quantitative estimate of drug-likeness (QED) is 0.379. The van der Waals surface area contributed by atoms with Crippen LogP contribution >= 0.6 is 22.6 Å². The van der Waals surface area contributed by atoms with Gasteiger partial charge in [-0.2, -0.15) is 0 Å². The number of unbranched alkanes of at least 4 members (excludes halogenated alkanes) is 4. The third-order valence-electron chi connectivity index (χ3n) is 2.54. The number of hydrogen-bond acceptors (Lipinski definition) is 0. The average Bonchev–Trinajstić information content (AvgIpc) is 2.26. The molecular weight excluding hydrogens is 295 g/mol. The maximum Gasteiger partial charge on any atom is 0.0130 e. The number of aryl methyl sites for hydroxylation is 1. The molecule has 0 aliphatic heterocycles. The fraction of sp³-hybridized carbons (Fsp3) is 0.429. The molecule has 1 aromatic carbocycles. The summed E-state index contributed by atoms with van der Waals surface area (Å²) in [4.78, 5) is 0. The molecule has 0 spiro atoms. The van der Waals surface area contributed by atoms with Gasteiger partial charge in [0.15, 0.2) is 0 Å². The molecule has 0 N–H and O–H groups in total. The van der Waals surface area contributed by atoms with Gasteiger partial charge in [0, 0.05) is 3.57 Å². The largest absolute Gasteiger partial charge is 0.103 e. The Kier molecular flexibility index (Phi) is 6.73. The zero-order valence-corrected chi connectivity index (χ0v) is 11.4. The van der Waals surface area contributed by atoms with Crippen LogP contribution in [-0.2, 0) is 6.42 Å². The minimum Gasteiger partial charge on any atom is -0.103 e. The standard InChI is InChI=1S/C14H19I/c1-2-3-4-5-6-7-8-13-9-11-14(15)12-10-13/h2,9-12H,1,3-8H2. The molecule has 82 valence electrons. The van der Waals surface area contributed by atoms with Gasteiger partial charge in [0.2, 0.25) is 0 Å². The fourth-order valence-corrected chi connectivity index (χ4v) is 1.98. The number of rotatable bonds is 7. The molecule has 0 saturated carbocycles. The molecule has 0 amide bonds. The van der Waals surface area contributed by atoms with Crippen molar-refractivity contribution < 1.29 is 0 Å². The van der Waals surface area contributed by atoms with E-state index in [0.717, 1.165) is 0 Å². The molecule has 1 aromatic rings. The molecule has 0 aromatic heterocycles. The van der Waals surface area contributed by atoms with E-state index in [1.165, 1.54) is 47.7 Å². The number of halogens is 1. The van der Waals surface area contributed by atoms with Gasteiger partial charge >= 0.3 is 0 Å². The van der Waals surface area contributed by atoms with E-state index in [1.807, 2.05) is 6.08 Å². The predicted molar refractivity (Wildman–Crippen MR) is 76.1 cm³/mol. The van der Waals surface area contributed by atoms with E-state index in [1.54, 1.807) is 0 Å². The lowest BCUT2D eigenvalue weighted by molar-refractivity contribution is 0.646. The maximum atomic E-state index is 3.73. The van der Waals surface area contributed by atoms with Gasteiger partial charge in [-0.15, -0.1) is 6.58 Å². The van der Waals surface area contributed by atoms with Gasteiger partial charge in [-0.3, -0.25) is 0 Å². The minimum absolute atomic E-state index is 1.17. The van der Waals surface area contributed by atoms with Crippen LogP contribution in [0.25, 0.3) is 0 Å². The second kappa shape index (κ2) is 7.91. The molecule has 0 heterocycles. The van der Waals surface area contributed by atoms with Crippen molar-refractivity contribution >= 4 is 22.6 Å². The first-order chi connectivity index (χ1) is 7.33. The number of allylic oxidation sites excluding steroid dienone is 1. The van der Waals surface area contributed by atoms with Crippen LogP contribution in [0, 0.1) is 3.57 Å². The van der Waals surface area contributed by atoms with Crippen LogP contribution in [0.4, 0.5) is 0 Å². The van der Waals surface area contributed by atoms with E-state index in [-0.39, 0.29) is 0 Å². The lowest BCUT2D eigenvalue weighted by atomic mass is 10.1. The minimum atomic E-state index is 1.17. The van der Waals surface area contributed by atoms with Gasteiger partial charge in [0.1, 0.15) is 0 Å². The predicted octanol–water partition coefficient (Wildman–Crippen LogP) is 4.97. The molecule has 0 aliphatic carbocycles. The van der Waals surface area contributed by atoms with Gasteiger partial charge in [-0.1, -0.05) is 31.1 Å². The van der Waals surface area contributed by atoms with Crippen molar-refractivity contribution in [2.75, 3.05) is 0 Å². The molecule has 0 atom stereocenters. The Morgan fingerprint density at radius 3 is 2.33 bits per heavy atom. The SMILES string of the molecule is C=CCCCCCCc1ccc(I)cc1. The average molecular weight is 314 g/mol. The van der Waals surface area contributed by atoms with E-state index >= 15 is 0 Å². The molecule has 1 heteroatoms. The number of benzene rings is 1. The molecule has 0 unspecified atom stereocenters. The fourth-order valence-electron chi connectivity index (χ4n) is 1.62. The highest BCUT2D eigenvalue weighted by Gasteiger charge is 1.93. The summed E-state index contributed by atoms with van der Waals surface area (Å²) in [7, 11) is 0. The zero-order valence-electron chi connectivity index (χ0n) is 9.21. The molecule has 0 nitrogen and oxygen atoms in total. The summed E-state index contributed by atoms with van der Waals surface area (Å²) in [6.45, 7) is 3.73. The van der Waals surface area contributed by atoms with Crippen LogP contribution in [0.2, 0.25) is 0 Å². The monoisotopic (exact) mass is 314 g/mol. The first-order valence-corrected chi connectivity index (χ1v) is 6.76. The van der Waals surface area contributed by atoms with Crippen LogP contribution < -0.4 is 0 Å². The highest BCUT2D eigenvalue weighted by Crippen LogP contribution is 2.11. The molecule has 1 rings (SSSR count). The molecule has 15 heavy (non-hydrogen) atoms. The third-order valence-corrected chi connectivity index (χ3v) is 3.26. The molecular formula is C14H19I. The Labute approximate surface area is 107 Å². The van der Waals surface area contributed by atoms with Gasteiger partial charge in [0.05, 0.1) is 0 Å². The van der Waals surface area contributed by atoms with Crippen molar-refractivity contribution in [3.8, 4) is 0 Å². The Morgan fingerprint density at radius 1 is 1.00 bits per heavy atom. The van der Waals surface area contributed by atoms with Crippen molar-refractivity contribution in [2.45, 2.75) is 38.5 Å². The molecule has 0 saturated heterocycles. The van der Waals surface area contributed by atoms with Crippen molar-refractivity contribution in [1.82, 2.24) is 0 Å². The summed E-state index contributed by atoms with van der Waals surface area (Å²) in [5.41, 5.74) is 1.47. The summed E-state index contributed by atoms with van der Waals surface area (Å²) in [5.74, 6) is 0. The van der Waals surface area contributed by atoms with Crippen molar-refractivity contribution in [2.24, 2.45) is 0 Å². The summed E-state index contributed by atoms with van der Waals surface area (Å²) in [5, 5.41) is 0. The van der Waals surface area contributed by atoms with E-state index in [0.29, 0.717) is 0 Å². The Bertz CT molecular complexity index is 274. The second-order valence-electron chi connectivity index (χ2n) is 3.87. The van der Waals surface area contributed by atoms with Crippen LogP contribution in [0.1, 0.15) is 37.7 Å². The van der Waals surface area contributed by atoms with E-state index < -0.39 is 0 Å². The van der Waals surface area contributed by atoms with Crippen LogP contribution in [-0.4, -0.2) is 0 Å². The van der Waals surface area contributed by atoms with Gasteiger partial charge in [-0.05, 0) is 66.0 Å². The summed E-state index contributed by atoms with van der Waals surface area (Å²) in [6, 6.07) is 8.86. The Hall–Kier alpha value is -0.310. The van der Waals surface area contributed by atoms with E-state index in [4.69, 9.17) is 0 Å². The smallest absolute Gasteiger partial charge is 0.0130 e. The van der Waals surface area contributed by atoms with Crippen molar-refractivity contribution in [1.29, 1.82) is 0 Å². The van der Waals surface area contributed by atoms with Crippen LogP contribution in [0.15, 0.2) is 36.9 Å².